The lowest BCUT2D eigenvalue weighted by Gasteiger charge is -2.14. The predicted molar refractivity (Wildman–Crippen MR) is 63.3 cm³/mol. The number of hydrogen-bond donors (Lipinski definition) is 0. The van der Waals surface area contributed by atoms with Crippen LogP contribution in [0.5, 0.6) is 0 Å². The van der Waals surface area contributed by atoms with Crippen molar-refractivity contribution in [3.8, 4) is 0 Å². The monoisotopic (exact) mass is 234 g/mol. The molecule has 0 N–H and O–H groups in total. The Kier molecular flexibility index (Phi) is 2.71. The molecular weight excluding hydrogens is 220 g/mol. The summed E-state index contributed by atoms with van der Waals surface area (Å²) in [4.78, 5) is 2.47. The van der Waals surface area contributed by atoms with E-state index < -0.39 is 0 Å². The molecule has 0 saturated carbocycles. The molecule has 2 aromatic heterocycles. The van der Waals surface area contributed by atoms with E-state index in [0.29, 0.717) is 6.04 Å². The molecule has 1 aliphatic rings. The Labute approximate surface area is 98.7 Å². The molecule has 3 rings (SSSR count). The van der Waals surface area contributed by atoms with Crippen LogP contribution < -0.4 is 0 Å². The van der Waals surface area contributed by atoms with E-state index in [1.807, 2.05) is 18.5 Å². The van der Waals surface area contributed by atoms with Crippen LogP contribution in [0.25, 0.3) is 0 Å². The van der Waals surface area contributed by atoms with Gasteiger partial charge >= 0.3 is 0 Å². The molecule has 2 aromatic rings. The van der Waals surface area contributed by atoms with Crippen LogP contribution in [-0.4, -0.2) is 32.1 Å². The van der Waals surface area contributed by atoms with Gasteiger partial charge in [0.05, 0.1) is 6.04 Å². The fourth-order valence-electron chi connectivity index (χ4n) is 2.23. The smallest absolute Gasteiger partial charge is 0.0658 e. The zero-order chi connectivity index (χ0) is 10.8. The van der Waals surface area contributed by atoms with Crippen LogP contribution in [0.1, 0.15) is 18.0 Å². The van der Waals surface area contributed by atoms with Gasteiger partial charge < -0.3 is 0 Å². The Morgan fingerprint density at radius 2 is 2.50 bits per heavy atom. The maximum atomic E-state index is 4.31. The minimum absolute atomic E-state index is 0.543. The van der Waals surface area contributed by atoms with Gasteiger partial charge in [0.15, 0.2) is 0 Å². The van der Waals surface area contributed by atoms with Gasteiger partial charge in [-0.05, 0) is 29.6 Å². The van der Waals surface area contributed by atoms with E-state index in [9.17, 15) is 0 Å². The highest BCUT2D eigenvalue weighted by molar-refractivity contribution is 7.03. The third-order valence-electron chi connectivity index (χ3n) is 3.04. The molecule has 16 heavy (non-hydrogen) atoms. The molecular formula is C11H14N4S. The number of nitrogens with zero attached hydrogens (tertiary/aromatic N) is 4. The van der Waals surface area contributed by atoms with Crippen molar-refractivity contribution in [3.05, 3.63) is 35.6 Å². The van der Waals surface area contributed by atoms with Crippen molar-refractivity contribution >= 4 is 11.5 Å². The van der Waals surface area contributed by atoms with Gasteiger partial charge in [-0.25, -0.2) is 4.37 Å². The summed E-state index contributed by atoms with van der Waals surface area (Å²) in [5, 5.41) is 6.44. The Balaban J connectivity index is 1.61. The van der Waals surface area contributed by atoms with Gasteiger partial charge in [0.1, 0.15) is 0 Å². The maximum Gasteiger partial charge on any atom is 0.0658 e. The molecule has 0 aliphatic carbocycles. The predicted octanol–water partition coefficient (Wildman–Crippen LogP) is 1.79. The maximum absolute atomic E-state index is 4.31. The Morgan fingerprint density at radius 3 is 3.25 bits per heavy atom. The summed E-state index contributed by atoms with van der Waals surface area (Å²) in [7, 11) is 0. The van der Waals surface area contributed by atoms with Gasteiger partial charge in [-0.2, -0.15) is 5.10 Å². The molecule has 0 bridgehead atoms. The largest absolute Gasteiger partial charge is 0.297 e. The van der Waals surface area contributed by atoms with Crippen molar-refractivity contribution in [2.24, 2.45) is 0 Å². The highest BCUT2D eigenvalue weighted by atomic mass is 32.1. The van der Waals surface area contributed by atoms with Crippen molar-refractivity contribution in [2.45, 2.75) is 19.0 Å². The average Bonchev–Trinajstić information content (AvgIpc) is 2.99. The van der Waals surface area contributed by atoms with Gasteiger partial charge in [0.2, 0.25) is 0 Å². The van der Waals surface area contributed by atoms with E-state index in [4.69, 9.17) is 0 Å². The molecule has 1 fully saturated rings. The van der Waals surface area contributed by atoms with E-state index in [1.54, 1.807) is 0 Å². The molecule has 1 atom stereocenters. The van der Waals surface area contributed by atoms with Crippen LogP contribution in [0.15, 0.2) is 30.0 Å². The third-order valence-corrected chi connectivity index (χ3v) is 3.67. The van der Waals surface area contributed by atoms with Gasteiger partial charge in [0, 0.05) is 43.6 Å². The second-order valence-corrected chi connectivity index (χ2v) is 4.85. The first-order chi connectivity index (χ1) is 7.92. The number of hydrogen-bond acceptors (Lipinski definition) is 4. The lowest BCUT2D eigenvalue weighted by atomic mass is 10.3. The third kappa shape index (κ3) is 2.01. The Bertz CT molecular complexity index is 423. The lowest BCUT2D eigenvalue weighted by molar-refractivity contribution is 0.312. The number of rotatable bonds is 3. The summed E-state index contributed by atoms with van der Waals surface area (Å²) in [5.41, 5.74) is 1.33. The van der Waals surface area contributed by atoms with Crippen molar-refractivity contribution in [1.82, 2.24) is 19.1 Å². The average molecular weight is 234 g/mol. The second-order valence-electron chi connectivity index (χ2n) is 4.20. The van der Waals surface area contributed by atoms with Crippen molar-refractivity contribution in [2.75, 3.05) is 13.1 Å². The van der Waals surface area contributed by atoms with E-state index in [0.717, 1.165) is 19.6 Å². The molecule has 1 aliphatic heterocycles. The second kappa shape index (κ2) is 4.35. The summed E-state index contributed by atoms with van der Waals surface area (Å²) >= 11 is 1.53. The molecule has 3 heterocycles. The minimum atomic E-state index is 0.543. The zero-order valence-electron chi connectivity index (χ0n) is 8.99. The van der Waals surface area contributed by atoms with Crippen molar-refractivity contribution in [3.63, 3.8) is 0 Å². The highest BCUT2D eigenvalue weighted by Crippen LogP contribution is 2.22. The zero-order valence-corrected chi connectivity index (χ0v) is 9.81. The first-order valence-electron chi connectivity index (χ1n) is 5.51. The Morgan fingerprint density at radius 1 is 1.50 bits per heavy atom. The van der Waals surface area contributed by atoms with E-state index in [1.165, 1.54) is 23.5 Å². The van der Waals surface area contributed by atoms with Crippen LogP contribution in [0, 0.1) is 0 Å². The van der Waals surface area contributed by atoms with Crippen LogP contribution in [0.3, 0.4) is 0 Å². The first kappa shape index (κ1) is 9.99. The van der Waals surface area contributed by atoms with Crippen LogP contribution >= 0.6 is 11.5 Å². The molecule has 5 heteroatoms. The molecule has 1 saturated heterocycles. The summed E-state index contributed by atoms with van der Waals surface area (Å²) in [6.45, 7) is 3.27. The van der Waals surface area contributed by atoms with Crippen LogP contribution in [0.4, 0.5) is 0 Å². The normalized spacial score (nSPS) is 21.6. The molecule has 0 aromatic carbocycles. The van der Waals surface area contributed by atoms with Crippen LogP contribution in [0.2, 0.25) is 0 Å². The molecule has 4 nitrogen and oxygen atoms in total. The summed E-state index contributed by atoms with van der Waals surface area (Å²) in [5.74, 6) is 0. The summed E-state index contributed by atoms with van der Waals surface area (Å²) in [6, 6.07) is 2.53. The molecule has 84 valence electrons. The number of likely N-dealkylation sites (tertiary alicyclic amines) is 1. The van der Waals surface area contributed by atoms with Crippen LogP contribution in [-0.2, 0) is 6.54 Å². The highest BCUT2D eigenvalue weighted by Gasteiger charge is 2.23. The summed E-state index contributed by atoms with van der Waals surface area (Å²) < 4.78 is 6.21. The SMILES string of the molecule is c1cnn(C2CCN(Cc3cnsc3)C2)c1. The standard InChI is InChI=1S/C11H14N4S/c1-3-12-15(4-1)11-2-5-14(8-11)7-10-6-13-16-9-10/h1,3-4,6,9,11H,2,5,7-8H2. The fraction of sp³-hybridized carbons (Fsp3) is 0.455. The fourth-order valence-corrected chi connectivity index (χ4v) is 2.76. The van der Waals surface area contributed by atoms with E-state index in [2.05, 4.69) is 30.6 Å². The van der Waals surface area contributed by atoms with Gasteiger partial charge in [0.25, 0.3) is 0 Å². The quantitative estimate of drug-likeness (QED) is 0.812. The number of aromatic nitrogens is 3. The summed E-state index contributed by atoms with van der Waals surface area (Å²) in [6.07, 6.45) is 7.07. The van der Waals surface area contributed by atoms with E-state index >= 15 is 0 Å². The lowest BCUT2D eigenvalue weighted by Crippen LogP contribution is -2.21. The molecule has 0 radical (unpaired) electrons. The van der Waals surface area contributed by atoms with E-state index in [-0.39, 0.29) is 0 Å². The topological polar surface area (TPSA) is 34.0 Å². The molecule has 0 spiro atoms. The molecule has 0 amide bonds. The minimum Gasteiger partial charge on any atom is -0.297 e. The first-order valence-corrected chi connectivity index (χ1v) is 6.35. The Hall–Kier alpha value is -1.20. The van der Waals surface area contributed by atoms with Gasteiger partial charge in [-0.1, -0.05) is 0 Å². The van der Waals surface area contributed by atoms with Gasteiger partial charge in [-0.3, -0.25) is 9.58 Å². The van der Waals surface area contributed by atoms with Gasteiger partial charge in [-0.15, -0.1) is 0 Å². The van der Waals surface area contributed by atoms with Crippen molar-refractivity contribution in [1.29, 1.82) is 0 Å². The van der Waals surface area contributed by atoms with Crippen molar-refractivity contribution < 1.29 is 0 Å². The molecule has 1 unspecified atom stereocenters.